The zero-order valence-electron chi connectivity index (χ0n) is 7.46. The van der Waals surface area contributed by atoms with Crippen LogP contribution >= 0.6 is 0 Å². The van der Waals surface area contributed by atoms with E-state index in [1.165, 1.54) is 0 Å². The van der Waals surface area contributed by atoms with Gasteiger partial charge in [-0.15, -0.1) is 18.9 Å². The Morgan fingerprint density at radius 3 is 2.36 bits per heavy atom. The highest BCUT2D eigenvalue weighted by atomic mass is 16.3. The predicted molar refractivity (Wildman–Crippen MR) is 48.0 cm³/mol. The fourth-order valence-corrected chi connectivity index (χ4v) is 0.856. The maximum Gasteiger partial charge on any atom is 0.0759 e. The molecule has 0 aliphatic rings. The van der Waals surface area contributed by atoms with Gasteiger partial charge in [-0.25, -0.2) is 0 Å². The molecule has 11 heavy (non-hydrogen) atoms. The van der Waals surface area contributed by atoms with Gasteiger partial charge in [0.25, 0.3) is 0 Å². The molecule has 1 nitrogen and oxygen atoms in total. The standard InChI is InChI=1S/C10H16O/c1-6-8(3)9(11)10(4,5)7-2/h1,7-9,11H,2H2,3-5H3. The number of aliphatic hydroxyl groups excluding tert-OH is 1. The van der Waals surface area contributed by atoms with E-state index in [-0.39, 0.29) is 11.3 Å². The van der Waals surface area contributed by atoms with E-state index in [9.17, 15) is 5.11 Å². The molecule has 0 bridgehead atoms. The molecular weight excluding hydrogens is 136 g/mol. The Hall–Kier alpha value is -0.740. The van der Waals surface area contributed by atoms with Gasteiger partial charge >= 0.3 is 0 Å². The summed E-state index contributed by atoms with van der Waals surface area (Å²) in [5.74, 6) is 2.39. The molecule has 0 aromatic heterocycles. The highest BCUT2D eigenvalue weighted by Gasteiger charge is 2.27. The van der Waals surface area contributed by atoms with Gasteiger partial charge in [-0.05, 0) is 6.92 Å². The van der Waals surface area contributed by atoms with E-state index in [0.29, 0.717) is 0 Å². The summed E-state index contributed by atoms with van der Waals surface area (Å²) in [6, 6.07) is 0. The molecular formula is C10H16O. The topological polar surface area (TPSA) is 20.2 Å². The summed E-state index contributed by atoms with van der Waals surface area (Å²) in [5.41, 5.74) is -0.300. The van der Waals surface area contributed by atoms with Crippen LogP contribution < -0.4 is 0 Å². The number of hydrogen-bond acceptors (Lipinski definition) is 1. The summed E-state index contributed by atoms with van der Waals surface area (Å²) >= 11 is 0. The van der Waals surface area contributed by atoms with Gasteiger partial charge in [0.2, 0.25) is 0 Å². The molecule has 0 rings (SSSR count). The lowest BCUT2D eigenvalue weighted by Gasteiger charge is -2.29. The first-order chi connectivity index (χ1) is 4.95. The summed E-state index contributed by atoms with van der Waals surface area (Å²) in [6.45, 7) is 9.30. The van der Waals surface area contributed by atoms with Crippen LogP contribution in [0.1, 0.15) is 20.8 Å². The minimum absolute atomic E-state index is 0.122. The second-order valence-electron chi connectivity index (χ2n) is 3.43. The van der Waals surface area contributed by atoms with Gasteiger partial charge in [0.05, 0.1) is 6.10 Å². The first kappa shape index (κ1) is 10.3. The van der Waals surface area contributed by atoms with Crippen LogP contribution in [0.15, 0.2) is 12.7 Å². The van der Waals surface area contributed by atoms with Crippen molar-refractivity contribution in [2.24, 2.45) is 11.3 Å². The maximum absolute atomic E-state index is 9.63. The summed E-state index contributed by atoms with van der Waals surface area (Å²) in [7, 11) is 0. The quantitative estimate of drug-likeness (QED) is 0.483. The zero-order chi connectivity index (χ0) is 9.07. The SMILES string of the molecule is C#CC(C)C(O)C(C)(C)C=C. The van der Waals surface area contributed by atoms with Crippen LogP contribution in [0.5, 0.6) is 0 Å². The van der Waals surface area contributed by atoms with Gasteiger partial charge in [0.1, 0.15) is 0 Å². The molecule has 2 unspecified atom stereocenters. The van der Waals surface area contributed by atoms with Crippen LogP contribution in [0.25, 0.3) is 0 Å². The van der Waals surface area contributed by atoms with Crippen molar-refractivity contribution in [1.82, 2.24) is 0 Å². The summed E-state index contributed by atoms with van der Waals surface area (Å²) in [4.78, 5) is 0. The van der Waals surface area contributed by atoms with Crippen LogP contribution in [-0.2, 0) is 0 Å². The normalized spacial score (nSPS) is 16.6. The van der Waals surface area contributed by atoms with Gasteiger partial charge in [-0.2, -0.15) is 0 Å². The van der Waals surface area contributed by atoms with Crippen molar-refractivity contribution in [2.75, 3.05) is 0 Å². The van der Waals surface area contributed by atoms with Gasteiger partial charge < -0.3 is 5.11 Å². The molecule has 0 aromatic rings. The molecule has 0 saturated heterocycles. The molecule has 0 fully saturated rings. The summed E-state index contributed by atoms with van der Waals surface area (Å²) < 4.78 is 0. The average Bonchev–Trinajstić information content (AvgIpc) is 2.01. The van der Waals surface area contributed by atoms with E-state index in [0.717, 1.165) is 0 Å². The van der Waals surface area contributed by atoms with Crippen molar-refractivity contribution in [3.8, 4) is 12.3 Å². The molecule has 0 aliphatic heterocycles. The largest absolute Gasteiger partial charge is 0.391 e. The van der Waals surface area contributed by atoms with E-state index >= 15 is 0 Å². The molecule has 2 atom stereocenters. The van der Waals surface area contributed by atoms with Crippen molar-refractivity contribution in [2.45, 2.75) is 26.9 Å². The molecule has 1 heteroatoms. The third-order valence-electron chi connectivity index (χ3n) is 2.02. The molecule has 62 valence electrons. The minimum atomic E-state index is -0.509. The van der Waals surface area contributed by atoms with Gasteiger partial charge in [-0.3, -0.25) is 0 Å². The Morgan fingerprint density at radius 2 is 2.09 bits per heavy atom. The van der Waals surface area contributed by atoms with Crippen molar-refractivity contribution >= 4 is 0 Å². The van der Waals surface area contributed by atoms with Gasteiger partial charge in [0.15, 0.2) is 0 Å². The van der Waals surface area contributed by atoms with Crippen LogP contribution in [0.2, 0.25) is 0 Å². The molecule has 0 spiro atoms. The predicted octanol–water partition coefficient (Wildman–Crippen LogP) is 1.83. The summed E-state index contributed by atoms with van der Waals surface area (Å²) in [6.07, 6.45) is 6.40. The Bertz CT molecular complexity index is 174. The minimum Gasteiger partial charge on any atom is -0.391 e. The van der Waals surface area contributed by atoms with E-state index in [1.807, 2.05) is 20.8 Å². The molecule has 0 aromatic carbocycles. The molecule has 1 N–H and O–H groups in total. The third-order valence-corrected chi connectivity index (χ3v) is 2.02. The van der Waals surface area contributed by atoms with Crippen LogP contribution in [0, 0.1) is 23.7 Å². The molecule has 0 heterocycles. The van der Waals surface area contributed by atoms with Gasteiger partial charge in [-0.1, -0.05) is 19.9 Å². The molecule has 0 amide bonds. The molecule has 0 radical (unpaired) electrons. The Balaban J connectivity index is 4.36. The van der Waals surface area contributed by atoms with E-state index in [1.54, 1.807) is 6.08 Å². The maximum atomic E-state index is 9.63. The second-order valence-corrected chi connectivity index (χ2v) is 3.43. The Kier molecular flexibility index (Phi) is 3.35. The molecule has 0 aliphatic carbocycles. The fraction of sp³-hybridized carbons (Fsp3) is 0.600. The molecule has 0 saturated carbocycles. The number of aliphatic hydroxyl groups is 1. The Labute approximate surface area is 69.1 Å². The summed E-state index contributed by atoms with van der Waals surface area (Å²) in [5, 5.41) is 9.63. The zero-order valence-corrected chi connectivity index (χ0v) is 7.46. The van der Waals surface area contributed by atoms with Crippen molar-refractivity contribution in [3.63, 3.8) is 0 Å². The fourth-order valence-electron chi connectivity index (χ4n) is 0.856. The number of rotatable bonds is 3. The third kappa shape index (κ3) is 2.40. The van der Waals surface area contributed by atoms with E-state index in [4.69, 9.17) is 6.42 Å². The van der Waals surface area contributed by atoms with Crippen LogP contribution in [0.3, 0.4) is 0 Å². The lowest BCUT2D eigenvalue weighted by Crippen LogP contribution is -2.32. The Morgan fingerprint density at radius 1 is 1.64 bits per heavy atom. The smallest absolute Gasteiger partial charge is 0.0759 e. The lowest BCUT2D eigenvalue weighted by molar-refractivity contribution is 0.0543. The van der Waals surface area contributed by atoms with Crippen molar-refractivity contribution < 1.29 is 5.11 Å². The lowest BCUT2D eigenvalue weighted by atomic mass is 9.81. The van der Waals surface area contributed by atoms with Crippen molar-refractivity contribution in [3.05, 3.63) is 12.7 Å². The van der Waals surface area contributed by atoms with Crippen molar-refractivity contribution in [1.29, 1.82) is 0 Å². The first-order valence-corrected chi connectivity index (χ1v) is 3.73. The highest BCUT2D eigenvalue weighted by Crippen LogP contribution is 2.26. The van der Waals surface area contributed by atoms with Crippen LogP contribution in [-0.4, -0.2) is 11.2 Å². The highest BCUT2D eigenvalue weighted by molar-refractivity contribution is 5.03. The monoisotopic (exact) mass is 152 g/mol. The van der Waals surface area contributed by atoms with E-state index in [2.05, 4.69) is 12.5 Å². The number of hydrogen-bond donors (Lipinski definition) is 1. The van der Waals surface area contributed by atoms with E-state index < -0.39 is 6.10 Å². The second kappa shape index (κ2) is 3.59. The number of terminal acetylenes is 1. The van der Waals surface area contributed by atoms with Gasteiger partial charge in [0, 0.05) is 11.3 Å². The first-order valence-electron chi connectivity index (χ1n) is 3.73. The average molecular weight is 152 g/mol. The van der Waals surface area contributed by atoms with Crippen LogP contribution in [0.4, 0.5) is 0 Å².